The molecule has 0 amide bonds. The lowest BCUT2D eigenvalue weighted by molar-refractivity contribution is -0.141. The van der Waals surface area contributed by atoms with Crippen LogP contribution < -0.4 is 0 Å². The molecule has 0 heterocycles. The number of rotatable bonds is 3. The van der Waals surface area contributed by atoms with Crippen LogP contribution in [-0.2, 0) is 4.79 Å². The zero-order chi connectivity index (χ0) is 7.44. The Morgan fingerprint density at radius 2 is 2.11 bits per heavy atom. The Bertz CT molecular complexity index is 103. The fourth-order valence-corrected chi connectivity index (χ4v) is 0.903. The van der Waals surface area contributed by atoms with Gasteiger partial charge in [0.1, 0.15) is 4.84 Å². The molecule has 2 nitrogen and oxygen atoms in total. The maximum absolute atomic E-state index is 10.1. The van der Waals surface area contributed by atoms with Crippen molar-refractivity contribution < 1.29 is 9.90 Å². The maximum atomic E-state index is 10.1. The van der Waals surface area contributed by atoms with Crippen molar-refractivity contribution in [2.75, 3.05) is 0 Å². The highest BCUT2D eigenvalue weighted by Gasteiger charge is 2.13. The van der Waals surface area contributed by atoms with Crippen molar-refractivity contribution in [3.8, 4) is 0 Å². The van der Waals surface area contributed by atoms with Crippen LogP contribution in [0, 0.1) is 5.92 Å². The van der Waals surface area contributed by atoms with Crippen molar-refractivity contribution in [2.24, 2.45) is 5.92 Å². The van der Waals surface area contributed by atoms with Gasteiger partial charge in [-0.2, -0.15) is 0 Å². The van der Waals surface area contributed by atoms with E-state index in [0.29, 0.717) is 6.42 Å². The van der Waals surface area contributed by atoms with Crippen molar-refractivity contribution in [2.45, 2.75) is 18.2 Å². The monoisotopic (exact) mass is 170 g/mol. The maximum Gasteiger partial charge on any atom is 0.306 e. The van der Waals surface area contributed by atoms with E-state index in [1.54, 1.807) is 6.92 Å². The van der Waals surface area contributed by atoms with Gasteiger partial charge in [-0.25, -0.2) is 0 Å². The summed E-state index contributed by atoms with van der Waals surface area (Å²) in [4.78, 5) is 9.54. The molecule has 0 aliphatic rings. The van der Waals surface area contributed by atoms with Gasteiger partial charge in [0.2, 0.25) is 0 Å². The molecule has 1 unspecified atom stereocenters. The van der Waals surface area contributed by atoms with E-state index in [9.17, 15) is 4.79 Å². The van der Waals surface area contributed by atoms with E-state index in [-0.39, 0.29) is 0 Å². The van der Waals surface area contributed by atoms with Gasteiger partial charge in [0, 0.05) is 0 Å². The first-order chi connectivity index (χ1) is 4.04. The van der Waals surface area contributed by atoms with Crippen LogP contribution in [0.25, 0.3) is 0 Å². The summed E-state index contributed by atoms with van der Waals surface area (Å²) in [5.41, 5.74) is 0. The molecule has 4 heteroatoms. The summed E-state index contributed by atoms with van der Waals surface area (Å²) in [6.45, 7) is 1.57. The molecule has 0 bridgehead atoms. The lowest BCUT2D eigenvalue weighted by atomic mass is 10.1. The average Bonchev–Trinajstić information content (AvgIpc) is 1.63. The van der Waals surface area contributed by atoms with E-state index >= 15 is 0 Å². The average molecular weight is 171 g/mol. The molecule has 0 aliphatic carbocycles. The first kappa shape index (κ1) is 9.05. The molecule has 0 aliphatic heterocycles. The Hall–Kier alpha value is 0.0500. The van der Waals surface area contributed by atoms with Crippen molar-refractivity contribution in [3.63, 3.8) is 0 Å². The van der Waals surface area contributed by atoms with Crippen LogP contribution in [0.5, 0.6) is 0 Å². The van der Waals surface area contributed by atoms with E-state index in [1.807, 2.05) is 0 Å². The number of carbonyl (C=O) groups is 1. The second-order valence-electron chi connectivity index (χ2n) is 1.87. The SMILES string of the molecule is CC(CC(Cl)Cl)C(=O)O. The summed E-state index contributed by atoms with van der Waals surface area (Å²) in [5, 5.41) is 8.31. The topological polar surface area (TPSA) is 37.3 Å². The highest BCUT2D eigenvalue weighted by Crippen LogP contribution is 2.14. The lowest BCUT2D eigenvalue weighted by Gasteiger charge is -2.04. The zero-order valence-corrected chi connectivity index (χ0v) is 6.49. The molecule has 0 aromatic rings. The lowest BCUT2D eigenvalue weighted by Crippen LogP contribution is -2.11. The van der Waals surface area contributed by atoms with Crippen LogP contribution in [-0.4, -0.2) is 15.9 Å². The Balaban J connectivity index is 3.50. The van der Waals surface area contributed by atoms with E-state index in [4.69, 9.17) is 28.3 Å². The molecule has 0 aromatic heterocycles. The van der Waals surface area contributed by atoms with Gasteiger partial charge in [-0.1, -0.05) is 6.92 Å². The molecule has 0 spiro atoms. The number of hydrogen-bond donors (Lipinski definition) is 1. The number of alkyl halides is 2. The van der Waals surface area contributed by atoms with Gasteiger partial charge in [0.15, 0.2) is 0 Å². The van der Waals surface area contributed by atoms with Crippen molar-refractivity contribution in [3.05, 3.63) is 0 Å². The summed E-state index contributed by atoms with van der Waals surface area (Å²) in [7, 11) is 0. The van der Waals surface area contributed by atoms with Crippen molar-refractivity contribution >= 4 is 29.2 Å². The zero-order valence-electron chi connectivity index (χ0n) is 4.97. The van der Waals surface area contributed by atoms with Gasteiger partial charge in [-0.05, 0) is 6.42 Å². The predicted octanol–water partition coefficient (Wildman–Crippen LogP) is 1.90. The summed E-state index contributed by atoms with van der Waals surface area (Å²) < 4.78 is 0. The number of halogens is 2. The quantitative estimate of drug-likeness (QED) is 0.658. The summed E-state index contributed by atoms with van der Waals surface area (Å²) in [6, 6.07) is 0. The van der Waals surface area contributed by atoms with Crippen LogP contribution in [0.1, 0.15) is 13.3 Å². The van der Waals surface area contributed by atoms with Gasteiger partial charge in [-0.15, -0.1) is 23.2 Å². The molecular weight excluding hydrogens is 163 g/mol. The minimum Gasteiger partial charge on any atom is -0.481 e. The van der Waals surface area contributed by atoms with Crippen LogP contribution in [0.15, 0.2) is 0 Å². The molecule has 0 saturated carbocycles. The molecule has 1 atom stereocenters. The number of aliphatic carboxylic acids is 1. The molecule has 0 rings (SSSR count). The summed E-state index contributed by atoms with van der Waals surface area (Å²) in [6.07, 6.45) is 0.304. The Kier molecular flexibility index (Phi) is 3.98. The fourth-order valence-electron chi connectivity index (χ4n) is 0.368. The highest BCUT2D eigenvalue weighted by molar-refractivity contribution is 6.44. The van der Waals surface area contributed by atoms with Gasteiger partial charge in [0.05, 0.1) is 5.92 Å². The van der Waals surface area contributed by atoms with Gasteiger partial charge in [0.25, 0.3) is 0 Å². The molecule has 0 aromatic carbocycles. The van der Waals surface area contributed by atoms with Crippen LogP contribution in [0.2, 0.25) is 0 Å². The van der Waals surface area contributed by atoms with Crippen molar-refractivity contribution in [1.82, 2.24) is 0 Å². The smallest absolute Gasteiger partial charge is 0.306 e. The minimum atomic E-state index is -0.860. The van der Waals surface area contributed by atoms with E-state index < -0.39 is 16.7 Å². The fraction of sp³-hybridized carbons (Fsp3) is 0.800. The van der Waals surface area contributed by atoms with Crippen molar-refractivity contribution in [1.29, 1.82) is 0 Å². The van der Waals surface area contributed by atoms with E-state index in [1.165, 1.54) is 0 Å². The van der Waals surface area contributed by atoms with E-state index in [2.05, 4.69) is 0 Å². The Labute approximate surface area is 63.8 Å². The Morgan fingerprint density at radius 3 is 2.22 bits per heavy atom. The normalized spacial score (nSPS) is 13.8. The summed E-state index contributed by atoms with van der Waals surface area (Å²) >= 11 is 10.6. The molecular formula is C5H8Cl2O2. The van der Waals surface area contributed by atoms with Crippen LogP contribution >= 0.6 is 23.2 Å². The largest absolute Gasteiger partial charge is 0.481 e. The minimum absolute atomic E-state index is 0.304. The van der Waals surface area contributed by atoms with Gasteiger partial charge < -0.3 is 5.11 Å². The van der Waals surface area contributed by atoms with E-state index in [0.717, 1.165) is 0 Å². The third-order valence-electron chi connectivity index (χ3n) is 0.953. The third-order valence-corrected chi connectivity index (χ3v) is 1.31. The molecule has 9 heavy (non-hydrogen) atoms. The van der Waals surface area contributed by atoms with Crippen LogP contribution in [0.3, 0.4) is 0 Å². The molecule has 0 saturated heterocycles. The van der Waals surface area contributed by atoms with Crippen LogP contribution in [0.4, 0.5) is 0 Å². The number of carboxylic acid groups (broad SMARTS) is 1. The third kappa shape index (κ3) is 4.55. The van der Waals surface area contributed by atoms with Gasteiger partial charge >= 0.3 is 5.97 Å². The molecule has 0 fully saturated rings. The van der Waals surface area contributed by atoms with Gasteiger partial charge in [-0.3, -0.25) is 4.79 Å². The first-order valence-corrected chi connectivity index (χ1v) is 3.42. The highest BCUT2D eigenvalue weighted by atomic mass is 35.5. The number of hydrogen-bond acceptors (Lipinski definition) is 1. The molecule has 0 radical (unpaired) electrons. The first-order valence-electron chi connectivity index (χ1n) is 2.55. The standard InChI is InChI=1S/C5H8Cl2O2/c1-3(5(8)9)2-4(6)7/h3-4H,2H2,1H3,(H,8,9). The number of carboxylic acids is 1. The molecule has 54 valence electrons. The summed E-state index contributed by atoms with van der Waals surface area (Å²) in [5.74, 6) is -1.31. The Morgan fingerprint density at radius 1 is 1.67 bits per heavy atom. The second kappa shape index (κ2) is 3.96. The predicted molar refractivity (Wildman–Crippen MR) is 36.9 cm³/mol. The second-order valence-corrected chi connectivity index (χ2v) is 3.14. The molecule has 1 N–H and O–H groups in total.